The maximum Gasteiger partial charge on any atom is 0.143 e. The van der Waals surface area contributed by atoms with Gasteiger partial charge in [0, 0.05) is 18.0 Å². The largest absolute Gasteiger partial charge is 0.491 e. The van der Waals surface area contributed by atoms with E-state index < -0.39 is 0 Å². The maximum absolute atomic E-state index is 6.06. The average molecular weight is 292 g/mol. The van der Waals surface area contributed by atoms with Crippen LogP contribution in [-0.2, 0) is 4.74 Å². The lowest BCUT2D eigenvalue weighted by Crippen LogP contribution is -1.97. The average Bonchev–Trinajstić information content (AvgIpc) is 3.07. The lowest BCUT2D eigenvalue weighted by Gasteiger charge is -2.13. The zero-order valence-electron chi connectivity index (χ0n) is 12.8. The molecular formula is C19H20N2O. The van der Waals surface area contributed by atoms with Crippen LogP contribution in [0.2, 0.25) is 0 Å². The van der Waals surface area contributed by atoms with Gasteiger partial charge in [-0.15, -0.1) is 0 Å². The SMILES string of the molecule is CCCCO/C(=C/n1ccnc1)c1cccc2ccccc12. The van der Waals surface area contributed by atoms with Crippen molar-refractivity contribution in [2.75, 3.05) is 6.61 Å². The van der Waals surface area contributed by atoms with Crippen molar-refractivity contribution < 1.29 is 4.74 Å². The second kappa shape index (κ2) is 6.94. The molecule has 1 heterocycles. The van der Waals surface area contributed by atoms with Crippen LogP contribution in [0.15, 0.2) is 61.2 Å². The van der Waals surface area contributed by atoms with Gasteiger partial charge >= 0.3 is 0 Å². The minimum Gasteiger partial charge on any atom is -0.491 e. The van der Waals surface area contributed by atoms with E-state index in [9.17, 15) is 0 Å². The molecule has 0 N–H and O–H groups in total. The van der Waals surface area contributed by atoms with Crippen LogP contribution < -0.4 is 0 Å². The Hall–Kier alpha value is -2.55. The molecule has 0 aliphatic heterocycles. The standard InChI is InChI=1S/C19H20N2O/c1-2-3-13-22-19(14-21-12-11-20-15-21)18-10-6-8-16-7-4-5-9-17(16)18/h4-12,14-15H,2-3,13H2,1H3/b19-14+. The Morgan fingerprint density at radius 1 is 1.18 bits per heavy atom. The van der Waals surface area contributed by atoms with Gasteiger partial charge in [-0.1, -0.05) is 55.8 Å². The third-order valence-corrected chi connectivity index (χ3v) is 3.60. The van der Waals surface area contributed by atoms with Crippen molar-refractivity contribution in [2.45, 2.75) is 19.8 Å². The van der Waals surface area contributed by atoms with E-state index in [1.165, 1.54) is 10.8 Å². The molecule has 0 spiro atoms. The topological polar surface area (TPSA) is 27.1 Å². The molecule has 0 aliphatic rings. The zero-order valence-corrected chi connectivity index (χ0v) is 12.8. The highest BCUT2D eigenvalue weighted by Crippen LogP contribution is 2.26. The Balaban J connectivity index is 2.03. The molecule has 0 atom stereocenters. The summed E-state index contributed by atoms with van der Waals surface area (Å²) in [6, 6.07) is 14.7. The van der Waals surface area contributed by atoms with E-state index in [-0.39, 0.29) is 0 Å². The quantitative estimate of drug-likeness (QED) is 0.481. The van der Waals surface area contributed by atoms with E-state index in [0.29, 0.717) is 0 Å². The van der Waals surface area contributed by atoms with Crippen LogP contribution in [0.1, 0.15) is 25.3 Å². The molecule has 3 rings (SSSR count). The highest BCUT2D eigenvalue weighted by atomic mass is 16.5. The molecule has 22 heavy (non-hydrogen) atoms. The summed E-state index contributed by atoms with van der Waals surface area (Å²) in [5, 5.41) is 2.42. The first kappa shape index (κ1) is 14.4. The van der Waals surface area contributed by atoms with Crippen LogP contribution in [-0.4, -0.2) is 16.2 Å². The van der Waals surface area contributed by atoms with Crippen LogP contribution in [0.3, 0.4) is 0 Å². The van der Waals surface area contributed by atoms with Gasteiger partial charge in [0.25, 0.3) is 0 Å². The van der Waals surface area contributed by atoms with Gasteiger partial charge in [-0.2, -0.15) is 0 Å². The third kappa shape index (κ3) is 3.19. The number of hydrogen-bond acceptors (Lipinski definition) is 2. The van der Waals surface area contributed by atoms with Crippen molar-refractivity contribution in [1.29, 1.82) is 0 Å². The number of ether oxygens (including phenoxy) is 1. The van der Waals surface area contributed by atoms with Crippen LogP contribution >= 0.6 is 0 Å². The summed E-state index contributed by atoms with van der Waals surface area (Å²) in [5.74, 6) is 0.878. The molecule has 0 saturated carbocycles. The monoisotopic (exact) mass is 292 g/mol. The van der Waals surface area contributed by atoms with Crippen molar-refractivity contribution in [2.24, 2.45) is 0 Å². The van der Waals surface area contributed by atoms with Crippen molar-refractivity contribution in [3.8, 4) is 0 Å². The van der Waals surface area contributed by atoms with Gasteiger partial charge in [0.2, 0.25) is 0 Å². The van der Waals surface area contributed by atoms with E-state index >= 15 is 0 Å². The molecule has 0 fully saturated rings. The van der Waals surface area contributed by atoms with Crippen molar-refractivity contribution in [1.82, 2.24) is 9.55 Å². The fourth-order valence-corrected chi connectivity index (χ4v) is 2.43. The van der Waals surface area contributed by atoms with E-state index in [2.05, 4.69) is 54.4 Å². The zero-order chi connectivity index (χ0) is 15.2. The molecule has 1 aromatic heterocycles. The molecule has 0 saturated heterocycles. The van der Waals surface area contributed by atoms with Gasteiger partial charge in [-0.25, -0.2) is 4.98 Å². The van der Waals surface area contributed by atoms with Crippen molar-refractivity contribution in [3.05, 3.63) is 66.7 Å². The number of nitrogens with zero attached hydrogens (tertiary/aromatic N) is 2. The molecule has 3 heteroatoms. The molecule has 3 nitrogen and oxygen atoms in total. The van der Waals surface area contributed by atoms with Crippen molar-refractivity contribution in [3.63, 3.8) is 0 Å². The van der Waals surface area contributed by atoms with Crippen LogP contribution in [0.4, 0.5) is 0 Å². The Morgan fingerprint density at radius 3 is 2.86 bits per heavy atom. The van der Waals surface area contributed by atoms with Crippen LogP contribution in [0, 0.1) is 0 Å². The van der Waals surface area contributed by atoms with E-state index in [1.807, 2.05) is 17.0 Å². The summed E-state index contributed by atoms with van der Waals surface area (Å²) in [6.45, 7) is 2.89. The predicted octanol–water partition coefficient (Wildman–Crippen LogP) is 4.81. The lowest BCUT2D eigenvalue weighted by atomic mass is 10.0. The first-order valence-electron chi connectivity index (χ1n) is 7.68. The molecule has 0 unspecified atom stereocenters. The summed E-state index contributed by atoms with van der Waals surface area (Å²) < 4.78 is 7.98. The lowest BCUT2D eigenvalue weighted by molar-refractivity contribution is 0.272. The highest BCUT2D eigenvalue weighted by molar-refractivity contribution is 5.94. The smallest absolute Gasteiger partial charge is 0.143 e. The number of fused-ring (bicyclic) bond motifs is 1. The number of rotatable bonds is 6. The second-order valence-electron chi connectivity index (χ2n) is 5.23. The van der Waals surface area contributed by atoms with E-state index in [1.54, 1.807) is 12.5 Å². The van der Waals surface area contributed by atoms with Gasteiger partial charge in [0.1, 0.15) is 5.76 Å². The molecule has 0 amide bonds. The normalized spacial score (nSPS) is 11.8. The van der Waals surface area contributed by atoms with E-state index in [0.717, 1.165) is 30.8 Å². The highest BCUT2D eigenvalue weighted by Gasteiger charge is 2.08. The Bertz CT molecular complexity index is 755. The first-order valence-corrected chi connectivity index (χ1v) is 7.68. The molecule has 112 valence electrons. The first-order chi connectivity index (χ1) is 10.9. The molecule has 3 aromatic rings. The number of benzene rings is 2. The van der Waals surface area contributed by atoms with Gasteiger partial charge in [0.05, 0.1) is 19.1 Å². The summed E-state index contributed by atoms with van der Waals surface area (Å²) in [7, 11) is 0. The Kier molecular flexibility index (Phi) is 4.54. The summed E-state index contributed by atoms with van der Waals surface area (Å²) in [5.41, 5.74) is 1.11. The van der Waals surface area contributed by atoms with Gasteiger partial charge in [0.15, 0.2) is 0 Å². The summed E-state index contributed by atoms with van der Waals surface area (Å²) in [4.78, 5) is 4.09. The molecule has 0 radical (unpaired) electrons. The minimum atomic E-state index is 0.722. The molecule has 2 aromatic carbocycles. The molecule has 0 aliphatic carbocycles. The summed E-state index contributed by atoms with van der Waals surface area (Å²) in [6.07, 6.45) is 9.61. The van der Waals surface area contributed by atoms with Crippen LogP contribution in [0.25, 0.3) is 22.7 Å². The van der Waals surface area contributed by atoms with Crippen molar-refractivity contribution >= 4 is 22.7 Å². The predicted molar refractivity (Wildman–Crippen MR) is 91.2 cm³/mol. The second-order valence-corrected chi connectivity index (χ2v) is 5.23. The van der Waals surface area contributed by atoms with E-state index in [4.69, 9.17) is 4.74 Å². The fraction of sp³-hybridized carbons (Fsp3) is 0.211. The Labute approximate surface area is 130 Å². The third-order valence-electron chi connectivity index (χ3n) is 3.60. The molecular weight excluding hydrogens is 272 g/mol. The molecule has 0 bridgehead atoms. The number of unbranched alkanes of at least 4 members (excludes halogenated alkanes) is 1. The Morgan fingerprint density at radius 2 is 2.05 bits per heavy atom. The maximum atomic E-state index is 6.06. The number of imidazole rings is 1. The van der Waals surface area contributed by atoms with Gasteiger partial charge in [-0.3, -0.25) is 0 Å². The summed E-state index contributed by atoms with van der Waals surface area (Å²) >= 11 is 0. The van der Waals surface area contributed by atoms with Crippen LogP contribution in [0.5, 0.6) is 0 Å². The fourth-order valence-electron chi connectivity index (χ4n) is 2.43. The van der Waals surface area contributed by atoms with Gasteiger partial charge < -0.3 is 9.30 Å². The minimum absolute atomic E-state index is 0.722. The van der Waals surface area contributed by atoms with Gasteiger partial charge in [-0.05, 0) is 17.2 Å². The number of hydrogen-bond donors (Lipinski definition) is 0. The number of aromatic nitrogens is 2.